The van der Waals surface area contributed by atoms with Crippen LogP contribution in [-0.2, 0) is 0 Å². The third kappa shape index (κ3) is 2.39. The molecule has 1 aromatic heterocycles. The number of hydrogen-bond donors (Lipinski definition) is 0. The van der Waals surface area contributed by atoms with E-state index in [1.165, 1.54) is 34.2 Å². The molecule has 126 valence electrons. The van der Waals surface area contributed by atoms with Gasteiger partial charge in [-0.3, -0.25) is 24.3 Å². The quantitative estimate of drug-likeness (QED) is 0.782. The average molecular weight is 339 g/mol. The molecule has 0 N–H and O–H groups in total. The molecule has 0 bridgehead atoms. The Morgan fingerprint density at radius 3 is 2.68 bits per heavy atom. The van der Waals surface area contributed by atoms with Crippen LogP contribution in [0.4, 0.5) is 4.39 Å². The van der Waals surface area contributed by atoms with Crippen LogP contribution in [-0.4, -0.2) is 51.6 Å². The van der Waals surface area contributed by atoms with Crippen molar-refractivity contribution in [1.29, 1.82) is 0 Å². The van der Waals surface area contributed by atoms with Crippen LogP contribution in [0.1, 0.15) is 37.6 Å². The molecule has 1 fully saturated rings. The topological polar surface area (TPSA) is 70.6 Å². The zero-order valence-corrected chi connectivity index (χ0v) is 13.2. The molecular weight excluding hydrogens is 325 g/mol. The van der Waals surface area contributed by atoms with Crippen molar-refractivity contribution in [3.63, 3.8) is 0 Å². The average Bonchev–Trinajstić information content (AvgIpc) is 3.19. The van der Waals surface area contributed by atoms with E-state index in [1.54, 1.807) is 18.2 Å². The number of likely N-dealkylation sites (tertiary alicyclic amines) is 1. The van der Waals surface area contributed by atoms with E-state index in [2.05, 4.69) is 4.98 Å². The number of benzene rings is 1. The molecular formula is C18H14FN3O3. The molecule has 2 aliphatic heterocycles. The normalized spacial score (nSPS) is 19.5. The number of halogens is 1. The van der Waals surface area contributed by atoms with Crippen molar-refractivity contribution in [2.45, 2.75) is 12.5 Å². The smallest absolute Gasteiger partial charge is 0.280 e. The van der Waals surface area contributed by atoms with Gasteiger partial charge in [0, 0.05) is 19.3 Å². The van der Waals surface area contributed by atoms with Crippen molar-refractivity contribution >= 4 is 17.7 Å². The maximum atomic E-state index is 13.8. The fourth-order valence-corrected chi connectivity index (χ4v) is 3.36. The maximum absolute atomic E-state index is 13.8. The first kappa shape index (κ1) is 15.4. The SMILES string of the molecule is O=C(c1ccccc1F)N1CCC(N2C(=O)c3cccnc3C2=O)C1. The van der Waals surface area contributed by atoms with Crippen molar-refractivity contribution in [1.82, 2.24) is 14.8 Å². The van der Waals surface area contributed by atoms with Crippen LogP contribution in [0.25, 0.3) is 0 Å². The molecule has 0 radical (unpaired) electrons. The van der Waals surface area contributed by atoms with Crippen molar-refractivity contribution in [3.8, 4) is 0 Å². The summed E-state index contributed by atoms with van der Waals surface area (Å²) in [5.74, 6) is -1.85. The highest BCUT2D eigenvalue weighted by atomic mass is 19.1. The summed E-state index contributed by atoms with van der Waals surface area (Å²) in [6, 6.07) is 8.53. The second kappa shape index (κ2) is 5.77. The number of fused-ring (bicyclic) bond motifs is 1. The Labute approximate surface area is 142 Å². The molecule has 2 aliphatic rings. The second-order valence-corrected chi connectivity index (χ2v) is 6.05. The van der Waals surface area contributed by atoms with Crippen LogP contribution >= 0.6 is 0 Å². The highest BCUT2D eigenvalue weighted by Gasteiger charge is 2.44. The van der Waals surface area contributed by atoms with Gasteiger partial charge in [0.05, 0.1) is 17.2 Å². The maximum Gasteiger partial charge on any atom is 0.280 e. The first-order valence-corrected chi connectivity index (χ1v) is 7.94. The van der Waals surface area contributed by atoms with E-state index in [0.29, 0.717) is 13.0 Å². The Balaban J connectivity index is 1.54. The highest BCUT2D eigenvalue weighted by molar-refractivity contribution is 6.20. The predicted octanol–water partition coefficient (Wildman–Crippen LogP) is 1.73. The van der Waals surface area contributed by atoms with E-state index in [9.17, 15) is 18.8 Å². The van der Waals surface area contributed by atoms with Gasteiger partial charge in [-0.1, -0.05) is 12.1 Å². The predicted molar refractivity (Wildman–Crippen MR) is 85.4 cm³/mol. The molecule has 1 atom stereocenters. The number of hydrogen-bond acceptors (Lipinski definition) is 4. The monoisotopic (exact) mass is 339 g/mol. The fourth-order valence-electron chi connectivity index (χ4n) is 3.36. The van der Waals surface area contributed by atoms with Gasteiger partial charge in [-0.15, -0.1) is 0 Å². The zero-order chi connectivity index (χ0) is 17.6. The highest BCUT2D eigenvalue weighted by Crippen LogP contribution is 2.27. The lowest BCUT2D eigenvalue weighted by molar-refractivity contribution is 0.0572. The number of aromatic nitrogens is 1. The summed E-state index contributed by atoms with van der Waals surface area (Å²) in [7, 11) is 0. The first-order chi connectivity index (χ1) is 12.1. The number of rotatable bonds is 2. The minimum atomic E-state index is -0.583. The Morgan fingerprint density at radius 2 is 1.92 bits per heavy atom. The molecule has 0 saturated carbocycles. The van der Waals surface area contributed by atoms with Crippen molar-refractivity contribution in [2.24, 2.45) is 0 Å². The summed E-state index contributed by atoms with van der Waals surface area (Å²) in [6.45, 7) is 0.553. The Hall–Kier alpha value is -3.09. The lowest BCUT2D eigenvalue weighted by Gasteiger charge is -2.22. The number of carbonyl (C=O) groups excluding carboxylic acids is 3. The lowest BCUT2D eigenvalue weighted by Crippen LogP contribution is -2.42. The van der Waals surface area contributed by atoms with Gasteiger partial charge in [0.2, 0.25) is 0 Å². The minimum absolute atomic E-state index is 0.00724. The van der Waals surface area contributed by atoms with E-state index in [1.807, 2.05) is 0 Å². The van der Waals surface area contributed by atoms with Crippen molar-refractivity contribution < 1.29 is 18.8 Å². The first-order valence-electron chi connectivity index (χ1n) is 7.94. The Morgan fingerprint density at radius 1 is 1.12 bits per heavy atom. The standard InChI is InChI=1S/C18H14FN3O3/c19-14-6-2-1-4-12(14)16(23)21-9-7-11(10-21)22-17(24)13-5-3-8-20-15(13)18(22)25/h1-6,8,11H,7,9-10H2. The third-order valence-corrected chi connectivity index (χ3v) is 4.60. The molecule has 3 amide bonds. The van der Waals surface area contributed by atoms with Gasteiger partial charge in [-0.05, 0) is 30.7 Å². The summed E-state index contributed by atoms with van der Waals surface area (Å²) in [6.07, 6.45) is 1.93. The summed E-state index contributed by atoms with van der Waals surface area (Å²) >= 11 is 0. The molecule has 2 aromatic rings. The van der Waals surface area contributed by atoms with Crippen LogP contribution in [0.15, 0.2) is 42.6 Å². The number of pyridine rings is 1. The molecule has 7 heteroatoms. The van der Waals surface area contributed by atoms with Gasteiger partial charge in [0.1, 0.15) is 11.5 Å². The van der Waals surface area contributed by atoms with Gasteiger partial charge in [-0.2, -0.15) is 0 Å². The number of amides is 3. The van der Waals surface area contributed by atoms with Crippen LogP contribution < -0.4 is 0 Å². The minimum Gasteiger partial charge on any atom is -0.336 e. The molecule has 1 saturated heterocycles. The summed E-state index contributed by atoms with van der Waals surface area (Å²) in [4.78, 5) is 44.1. The zero-order valence-electron chi connectivity index (χ0n) is 13.2. The molecule has 3 heterocycles. The molecule has 1 unspecified atom stereocenters. The Kier molecular flexibility index (Phi) is 3.56. The number of nitrogens with zero attached hydrogens (tertiary/aromatic N) is 3. The molecule has 25 heavy (non-hydrogen) atoms. The fraction of sp³-hybridized carbons (Fsp3) is 0.222. The van der Waals surface area contributed by atoms with Gasteiger partial charge < -0.3 is 4.90 Å². The van der Waals surface area contributed by atoms with Crippen molar-refractivity contribution in [3.05, 3.63) is 65.2 Å². The molecule has 0 spiro atoms. The summed E-state index contributed by atoms with van der Waals surface area (Å²) in [5.41, 5.74) is 0.421. The van der Waals surface area contributed by atoms with E-state index < -0.39 is 29.6 Å². The summed E-state index contributed by atoms with van der Waals surface area (Å²) < 4.78 is 13.8. The molecule has 0 aliphatic carbocycles. The van der Waals surface area contributed by atoms with E-state index in [-0.39, 0.29) is 23.4 Å². The van der Waals surface area contributed by atoms with Crippen molar-refractivity contribution in [2.75, 3.05) is 13.1 Å². The molecule has 4 rings (SSSR count). The van der Waals surface area contributed by atoms with Gasteiger partial charge >= 0.3 is 0 Å². The molecule has 6 nitrogen and oxygen atoms in total. The molecule has 1 aromatic carbocycles. The number of imide groups is 1. The van der Waals surface area contributed by atoms with Gasteiger partial charge in [0.15, 0.2) is 0 Å². The van der Waals surface area contributed by atoms with Crippen LogP contribution in [0.3, 0.4) is 0 Å². The van der Waals surface area contributed by atoms with E-state index in [4.69, 9.17) is 0 Å². The lowest BCUT2D eigenvalue weighted by atomic mass is 10.2. The summed E-state index contributed by atoms with van der Waals surface area (Å²) in [5, 5.41) is 0. The Bertz CT molecular complexity index is 864. The van der Waals surface area contributed by atoms with Crippen LogP contribution in [0, 0.1) is 5.82 Å². The largest absolute Gasteiger partial charge is 0.336 e. The van der Waals surface area contributed by atoms with E-state index >= 15 is 0 Å². The van der Waals surface area contributed by atoms with E-state index in [0.717, 1.165) is 0 Å². The third-order valence-electron chi connectivity index (χ3n) is 4.60. The van der Waals surface area contributed by atoms with Gasteiger partial charge in [-0.25, -0.2) is 4.39 Å². The van der Waals surface area contributed by atoms with Crippen LogP contribution in [0.2, 0.25) is 0 Å². The second-order valence-electron chi connectivity index (χ2n) is 6.05. The number of carbonyl (C=O) groups is 3. The van der Waals surface area contributed by atoms with Gasteiger partial charge in [0.25, 0.3) is 17.7 Å². The van der Waals surface area contributed by atoms with Crippen LogP contribution in [0.5, 0.6) is 0 Å².